The molecular weight excluding hydrogens is 404 g/mol. The van der Waals surface area contributed by atoms with Crippen molar-refractivity contribution in [2.24, 2.45) is 0 Å². The lowest BCUT2D eigenvalue weighted by Gasteiger charge is -2.19. The molecular formula is C22H20N2O5S. The van der Waals surface area contributed by atoms with Gasteiger partial charge in [-0.15, -0.1) is 0 Å². The van der Waals surface area contributed by atoms with E-state index in [2.05, 4.69) is 5.32 Å². The second kappa shape index (κ2) is 7.95. The third-order valence-corrected chi connectivity index (χ3v) is 6.43. The van der Waals surface area contributed by atoms with Crippen LogP contribution in [0.3, 0.4) is 0 Å². The Labute approximate surface area is 177 Å². The summed E-state index contributed by atoms with van der Waals surface area (Å²) >= 11 is 0.947. The summed E-state index contributed by atoms with van der Waals surface area (Å²) < 4.78 is 0. The lowest BCUT2D eigenvalue weighted by molar-refractivity contribution is -0.120. The van der Waals surface area contributed by atoms with Crippen molar-refractivity contribution in [3.8, 4) is 0 Å². The van der Waals surface area contributed by atoms with Gasteiger partial charge in [-0.2, -0.15) is 0 Å². The minimum Gasteiger partial charge on any atom is -0.478 e. The van der Waals surface area contributed by atoms with Crippen molar-refractivity contribution >= 4 is 40.5 Å². The van der Waals surface area contributed by atoms with Gasteiger partial charge in [0.05, 0.1) is 18.0 Å². The standard InChI is InChI=1S/C22H20N2O5S/c1-2-3-16-15-9-8-14(21(27)28)10-17(15)24(20(16)26)11-12-4-6-13(7-5-12)18-19(25)23-22(29)30-18/h4-10,16,18H,2-3,11H2,1H3,(H,27,28)(H,23,25,29). The van der Waals surface area contributed by atoms with Crippen LogP contribution in [0, 0.1) is 0 Å². The molecule has 4 rings (SSSR count). The van der Waals surface area contributed by atoms with Gasteiger partial charge in [-0.3, -0.25) is 19.7 Å². The predicted octanol–water partition coefficient (Wildman–Crippen LogP) is 3.84. The van der Waals surface area contributed by atoms with E-state index < -0.39 is 11.2 Å². The Bertz CT molecular complexity index is 1050. The molecule has 30 heavy (non-hydrogen) atoms. The van der Waals surface area contributed by atoms with Gasteiger partial charge in [0.2, 0.25) is 11.8 Å². The lowest BCUT2D eigenvalue weighted by Crippen LogP contribution is -2.28. The quantitative estimate of drug-likeness (QED) is 0.730. The fourth-order valence-electron chi connectivity index (χ4n) is 3.93. The molecule has 0 aromatic heterocycles. The Morgan fingerprint density at radius 3 is 2.47 bits per heavy atom. The first-order valence-corrected chi connectivity index (χ1v) is 10.6. The number of hydrogen-bond acceptors (Lipinski definition) is 5. The second-order valence-corrected chi connectivity index (χ2v) is 8.44. The number of fused-ring (bicyclic) bond motifs is 1. The monoisotopic (exact) mass is 424 g/mol. The van der Waals surface area contributed by atoms with E-state index in [4.69, 9.17) is 0 Å². The van der Waals surface area contributed by atoms with Gasteiger partial charge in [0.25, 0.3) is 5.24 Å². The van der Waals surface area contributed by atoms with Crippen LogP contribution in [0.25, 0.3) is 0 Å². The van der Waals surface area contributed by atoms with Crippen LogP contribution in [0.4, 0.5) is 10.5 Å². The Kier molecular flexibility index (Phi) is 5.34. The molecule has 0 aliphatic carbocycles. The average Bonchev–Trinajstić information content (AvgIpc) is 3.19. The minimum atomic E-state index is -1.03. The number of imide groups is 1. The minimum absolute atomic E-state index is 0.0326. The van der Waals surface area contributed by atoms with Crippen molar-refractivity contribution < 1.29 is 24.3 Å². The summed E-state index contributed by atoms with van der Waals surface area (Å²) in [6.45, 7) is 2.32. The highest BCUT2D eigenvalue weighted by atomic mass is 32.2. The van der Waals surface area contributed by atoms with Gasteiger partial charge in [-0.05, 0) is 47.0 Å². The molecule has 2 N–H and O–H groups in total. The van der Waals surface area contributed by atoms with Crippen LogP contribution in [0.5, 0.6) is 0 Å². The Morgan fingerprint density at radius 1 is 1.13 bits per heavy atom. The number of nitrogens with zero attached hydrogens (tertiary/aromatic N) is 1. The van der Waals surface area contributed by atoms with E-state index >= 15 is 0 Å². The summed E-state index contributed by atoms with van der Waals surface area (Å²) in [6.07, 6.45) is 1.55. The fraction of sp³-hybridized carbons (Fsp3) is 0.273. The van der Waals surface area contributed by atoms with Crippen molar-refractivity contribution in [1.82, 2.24) is 5.32 Å². The van der Waals surface area contributed by atoms with E-state index in [9.17, 15) is 24.3 Å². The summed E-state index contributed by atoms with van der Waals surface area (Å²) in [5, 5.41) is 10.7. The largest absolute Gasteiger partial charge is 0.478 e. The Morgan fingerprint density at radius 2 is 1.87 bits per heavy atom. The highest BCUT2D eigenvalue weighted by Gasteiger charge is 2.37. The molecule has 2 aliphatic heterocycles. The molecule has 2 heterocycles. The molecule has 1 saturated heterocycles. The number of carboxylic acid groups (broad SMARTS) is 1. The van der Waals surface area contributed by atoms with Crippen molar-refractivity contribution in [3.63, 3.8) is 0 Å². The number of carboxylic acids is 1. The maximum absolute atomic E-state index is 13.1. The number of amides is 3. The molecule has 2 aliphatic rings. The molecule has 0 radical (unpaired) electrons. The van der Waals surface area contributed by atoms with Gasteiger partial charge in [0.1, 0.15) is 5.25 Å². The molecule has 154 valence electrons. The third-order valence-electron chi connectivity index (χ3n) is 5.40. The first-order valence-electron chi connectivity index (χ1n) is 9.68. The number of nitrogens with one attached hydrogen (secondary N) is 1. The van der Waals surface area contributed by atoms with Crippen LogP contribution in [-0.2, 0) is 16.1 Å². The molecule has 2 unspecified atom stereocenters. The molecule has 8 heteroatoms. The molecule has 7 nitrogen and oxygen atoms in total. The van der Waals surface area contributed by atoms with Crippen LogP contribution in [0.15, 0.2) is 42.5 Å². The highest BCUT2D eigenvalue weighted by Crippen LogP contribution is 2.41. The van der Waals surface area contributed by atoms with E-state index in [0.717, 1.165) is 34.9 Å². The predicted molar refractivity (Wildman–Crippen MR) is 113 cm³/mol. The molecule has 0 saturated carbocycles. The molecule has 2 atom stereocenters. The van der Waals surface area contributed by atoms with Gasteiger partial charge >= 0.3 is 5.97 Å². The van der Waals surface area contributed by atoms with Crippen LogP contribution in [-0.4, -0.2) is 28.1 Å². The van der Waals surface area contributed by atoms with E-state index in [1.54, 1.807) is 35.2 Å². The van der Waals surface area contributed by atoms with Crippen LogP contribution >= 0.6 is 11.8 Å². The zero-order valence-corrected chi connectivity index (χ0v) is 17.1. The number of carbonyl (C=O) groups excluding carboxylic acids is 3. The lowest BCUT2D eigenvalue weighted by atomic mass is 9.95. The van der Waals surface area contributed by atoms with Crippen molar-refractivity contribution in [1.29, 1.82) is 0 Å². The van der Waals surface area contributed by atoms with Gasteiger partial charge in [-0.25, -0.2) is 4.79 Å². The van der Waals surface area contributed by atoms with Gasteiger partial charge < -0.3 is 10.0 Å². The van der Waals surface area contributed by atoms with E-state index in [1.165, 1.54) is 0 Å². The van der Waals surface area contributed by atoms with Crippen LogP contribution in [0.1, 0.15) is 58.0 Å². The Hall–Kier alpha value is -3.13. The number of hydrogen-bond donors (Lipinski definition) is 2. The molecule has 3 amide bonds. The number of thioether (sulfide) groups is 1. The van der Waals surface area contributed by atoms with Crippen LogP contribution in [0.2, 0.25) is 0 Å². The van der Waals surface area contributed by atoms with Gasteiger partial charge in [-0.1, -0.05) is 43.7 Å². The number of carbonyl (C=O) groups is 4. The first kappa shape index (κ1) is 20.2. The number of rotatable bonds is 6. The average molecular weight is 424 g/mol. The SMILES string of the molecule is CCCC1C(=O)N(Cc2ccc(C3SC(=O)NC3=O)cc2)c2cc(C(=O)O)ccc21. The third kappa shape index (κ3) is 3.59. The van der Waals surface area contributed by atoms with Crippen LogP contribution < -0.4 is 10.2 Å². The number of aromatic carboxylic acids is 1. The summed E-state index contributed by atoms with van der Waals surface area (Å²) in [4.78, 5) is 49.4. The van der Waals surface area contributed by atoms with Gasteiger partial charge in [0, 0.05) is 5.69 Å². The summed E-state index contributed by atoms with van der Waals surface area (Å²) in [6, 6.07) is 12.1. The summed E-state index contributed by atoms with van der Waals surface area (Å²) in [5.41, 5.74) is 3.22. The van der Waals surface area contributed by atoms with E-state index in [1.807, 2.05) is 19.1 Å². The second-order valence-electron chi connectivity index (χ2n) is 7.36. The molecule has 1 fully saturated rings. The topological polar surface area (TPSA) is 104 Å². The molecule has 0 bridgehead atoms. The van der Waals surface area contributed by atoms with Gasteiger partial charge in [0.15, 0.2) is 0 Å². The number of benzene rings is 2. The molecule has 2 aromatic rings. The maximum Gasteiger partial charge on any atom is 0.335 e. The van der Waals surface area contributed by atoms with E-state index in [0.29, 0.717) is 18.7 Å². The fourth-order valence-corrected chi connectivity index (χ4v) is 4.76. The summed E-state index contributed by atoms with van der Waals surface area (Å²) in [7, 11) is 0. The molecule has 2 aromatic carbocycles. The summed E-state index contributed by atoms with van der Waals surface area (Å²) in [5.74, 6) is -1.66. The smallest absolute Gasteiger partial charge is 0.335 e. The zero-order chi connectivity index (χ0) is 21.4. The highest BCUT2D eigenvalue weighted by molar-refractivity contribution is 8.15. The zero-order valence-electron chi connectivity index (χ0n) is 16.3. The Balaban J connectivity index is 1.60. The normalized spacial score (nSPS) is 20.4. The first-order chi connectivity index (χ1) is 14.4. The maximum atomic E-state index is 13.1. The van der Waals surface area contributed by atoms with E-state index in [-0.39, 0.29) is 28.5 Å². The van der Waals surface area contributed by atoms with Crippen molar-refractivity contribution in [2.75, 3.05) is 4.90 Å². The number of anilines is 1. The van der Waals surface area contributed by atoms with Crippen molar-refractivity contribution in [2.45, 2.75) is 37.5 Å². The van der Waals surface area contributed by atoms with Crippen molar-refractivity contribution in [3.05, 3.63) is 64.7 Å². The molecule has 0 spiro atoms.